The van der Waals surface area contributed by atoms with Gasteiger partial charge in [0, 0.05) is 18.9 Å². The molecule has 2 aliphatic heterocycles. The smallest absolute Gasteiger partial charge is 0.351 e. The fourth-order valence-electron chi connectivity index (χ4n) is 3.77. The Morgan fingerprint density at radius 2 is 1.88 bits per heavy atom. The van der Waals surface area contributed by atoms with E-state index < -0.39 is 17.5 Å². The number of para-hydroxylation sites is 1. The van der Waals surface area contributed by atoms with E-state index in [0.29, 0.717) is 22.7 Å². The maximum Gasteiger partial charge on any atom is 0.351 e. The minimum Gasteiger partial charge on any atom is -0.497 e. The maximum atomic E-state index is 13.3. The molecule has 7 nitrogen and oxygen atoms in total. The van der Waals surface area contributed by atoms with Gasteiger partial charge in [0.1, 0.15) is 5.75 Å². The van der Waals surface area contributed by atoms with Crippen LogP contribution in [0.25, 0.3) is 0 Å². The van der Waals surface area contributed by atoms with E-state index in [1.807, 2.05) is 0 Å². The van der Waals surface area contributed by atoms with Crippen molar-refractivity contribution in [1.82, 2.24) is 0 Å². The number of hydrogen-bond acceptors (Lipinski definition) is 4. The van der Waals surface area contributed by atoms with E-state index in [-0.39, 0.29) is 18.7 Å². The van der Waals surface area contributed by atoms with Crippen molar-refractivity contribution in [2.75, 3.05) is 16.9 Å². The fraction of sp³-hybridized carbons (Fsp3) is 0.211. The van der Waals surface area contributed by atoms with E-state index in [0.717, 1.165) is 0 Å². The molecule has 2 heterocycles. The summed E-state index contributed by atoms with van der Waals surface area (Å²) in [6, 6.07) is 13.2. The SMILES string of the molecule is COc1cccc(N2C(=O)c3ccccc3N3C(=O)CC[C@@]23C(=O)O)c1. The molecule has 26 heavy (non-hydrogen) atoms. The molecule has 0 radical (unpaired) electrons. The number of methoxy groups -OCH3 is 1. The standard InChI is InChI=1S/C19H16N2O5/c1-26-13-6-4-5-12(11-13)20-17(23)14-7-2-3-8-15(14)21-16(22)9-10-19(20,21)18(24)25/h2-8,11H,9-10H2,1H3,(H,24,25)/t19-/m1/s1. The third kappa shape index (κ3) is 1.97. The third-order valence-electron chi connectivity index (χ3n) is 4.91. The first-order valence-corrected chi connectivity index (χ1v) is 8.15. The summed E-state index contributed by atoms with van der Waals surface area (Å²) in [4.78, 5) is 40.7. The summed E-state index contributed by atoms with van der Waals surface area (Å²) >= 11 is 0. The molecule has 4 rings (SSSR count). The van der Waals surface area contributed by atoms with E-state index in [1.54, 1.807) is 48.5 Å². The van der Waals surface area contributed by atoms with E-state index in [9.17, 15) is 19.5 Å². The molecule has 2 aromatic rings. The number of hydrogen-bond donors (Lipinski definition) is 1. The van der Waals surface area contributed by atoms with Crippen molar-refractivity contribution in [2.24, 2.45) is 0 Å². The summed E-state index contributed by atoms with van der Waals surface area (Å²) in [5.41, 5.74) is -0.788. The van der Waals surface area contributed by atoms with Crippen molar-refractivity contribution < 1.29 is 24.2 Å². The minimum absolute atomic E-state index is 0.0124. The van der Waals surface area contributed by atoms with Crippen LogP contribution in [0, 0.1) is 0 Å². The van der Waals surface area contributed by atoms with Gasteiger partial charge >= 0.3 is 5.97 Å². The van der Waals surface area contributed by atoms with Crippen molar-refractivity contribution in [3.05, 3.63) is 54.1 Å². The van der Waals surface area contributed by atoms with Crippen molar-refractivity contribution in [3.8, 4) is 5.75 Å². The highest BCUT2D eigenvalue weighted by Gasteiger charge is 2.61. The lowest BCUT2D eigenvalue weighted by molar-refractivity contribution is -0.143. The molecule has 0 saturated carbocycles. The van der Waals surface area contributed by atoms with Gasteiger partial charge in [-0.2, -0.15) is 0 Å². The van der Waals surface area contributed by atoms with E-state index >= 15 is 0 Å². The molecule has 1 fully saturated rings. The zero-order chi connectivity index (χ0) is 18.5. The molecule has 0 unspecified atom stereocenters. The second-order valence-electron chi connectivity index (χ2n) is 6.21. The summed E-state index contributed by atoms with van der Waals surface area (Å²) in [6.45, 7) is 0. The van der Waals surface area contributed by atoms with Gasteiger partial charge in [0.15, 0.2) is 0 Å². The Morgan fingerprint density at radius 3 is 2.62 bits per heavy atom. The third-order valence-corrected chi connectivity index (χ3v) is 4.91. The number of carboxylic acids is 1. The van der Waals surface area contributed by atoms with Gasteiger partial charge in [0.2, 0.25) is 11.6 Å². The lowest BCUT2D eigenvalue weighted by Crippen LogP contribution is -2.68. The molecule has 2 aliphatic rings. The van der Waals surface area contributed by atoms with Crippen LogP contribution < -0.4 is 14.5 Å². The zero-order valence-corrected chi connectivity index (χ0v) is 14.0. The maximum absolute atomic E-state index is 13.3. The van der Waals surface area contributed by atoms with Gasteiger partial charge in [-0.05, 0) is 24.3 Å². The van der Waals surface area contributed by atoms with Crippen molar-refractivity contribution in [2.45, 2.75) is 18.5 Å². The Morgan fingerprint density at radius 1 is 1.12 bits per heavy atom. The number of anilines is 2. The second-order valence-corrected chi connectivity index (χ2v) is 6.21. The highest BCUT2D eigenvalue weighted by molar-refractivity contribution is 6.22. The molecular weight excluding hydrogens is 336 g/mol. The highest BCUT2D eigenvalue weighted by atomic mass is 16.5. The van der Waals surface area contributed by atoms with Gasteiger partial charge < -0.3 is 9.84 Å². The highest BCUT2D eigenvalue weighted by Crippen LogP contribution is 2.46. The molecule has 1 atom stereocenters. The second kappa shape index (κ2) is 5.59. The molecule has 0 aromatic heterocycles. The van der Waals surface area contributed by atoms with Gasteiger partial charge in [-0.3, -0.25) is 19.4 Å². The lowest BCUT2D eigenvalue weighted by atomic mass is 9.95. The number of amides is 2. The number of rotatable bonds is 3. The summed E-state index contributed by atoms with van der Waals surface area (Å²) in [5, 5.41) is 10.1. The largest absolute Gasteiger partial charge is 0.497 e. The first-order chi connectivity index (χ1) is 12.5. The number of carboxylic acid groups (broad SMARTS) is 1. The van der Waals surface area contributed by atoms with Crippen LogP contribution in [0.5, 0.6) is 5.75 Å². The molecule has 0 spiro atoms. The quantitative estimate of drug-likeness (QED) is 0.916. The molecule has 1 N–H and O–H groups in total. The molecule has 132 valence electrons. The predicted molar refractivity (Wildman–Crippen MR) is 93.3 cm³/mol. The molecule has 0 aliphatic carbocycles. The van der Waals surface area contributed by atoms with E-state index in [2.05, 4.69) is 0 Å². The number of aliphatic carboxylic acids is 1. The Bertz CT molecular complexity index is 941. The molecule has 0 bridgehead atoms. The van der Waals surface area contributed by atoms with Gasteiger partial charge in [0.25, 0.3) is 5.91 Å². The number of carbonyl (C=O) groups is 3. The fourth-order valence-corrected chi connectivity index (χ4v) is 3.77. The summed E-state index contributed by atoms with van der Waals surface area (Å²) in [7, 11) is 1.49. The molecule has 7 heteroatoms. The summed E-state index contributed by atoms with van der Waals surface area (Å²) in [5.74, 6) is -1.53. The van der Waals surface area contributed by atoms with Gasteiger partial charge in [-0.25, -0.2) is 4.79 Å². The Kier molecular flexibility index (Phi) is 3.47. The van der Waals surface area contributed by atoms with Crippen molar-refractivity contribution in [1.29, 1.82) is 0 Å². The number of fused-ring (bicyclic) bond motifs is 3. The van der Waals surface area contributed by atoms with Crippen LogP contribution in [0.4, 0.5) is 11.4 Å². The van der Waals surface area contributed by atoms with Crippen molar-refractivity contribution in [3.63, 3.8) is 0 Å². The number of ether oxygens (including phenoxy) is 1. The lowest BCUT2D eigenvalue weighted by Gasteiger charge is -2.47. The first kappa shape index (κ1) is 16.1. The average molecular weight is 352 g/mol. The Hall–Kier alpha value is -3.35. The average Bonchev–Trinajstić information content (AvgIpc) is 3.01. The monoisotopic (exact) mass is 352 g/mol. The Labute approximate surface area is 149 Å². The van der Waals surface area contributed by atoms with Crippen LogP contribution >= 0.6 is 0 Å². The normalized spacial score (nSPS) is 21.4. The van der Waals surface area contributed by atoms with E-state index in [4.69, 9.17) is 4.74 Å². The molecule has 2 amide bonds. The molecular formula is C19H16N2O5. The molecule has 1 saturated heterocycles. The topological polar surface area (TPSA) is 87.2 Å². The van der Waals surface area contributed by atoms with Crippen LogP contribution in [0.15, 0.2) is 48.5 Å². The zero-order valence-electron chi connectivity index (χ0n) is 14.0. The van der Waals surface area contributed by atoms with Crippen LogP contribution in [-0.2, 0) is 9.59 Å². The predicted octanol–water partition coefficient (Wildman–Crippen LogP) is 2.26. The number of benzene rings is 2. The number of nitrogens with zero attached hydrogens (tertiary/aromatic N) is 2. The number of carbonyl (C=O) groups excluding carboxylic acids is 2. The van der Waals surface area contributed by atoms with Gasteiger partial charge in [-0.1, -0.05) is 18.2 Å². The van der Waals surface area contributed by atoms with Gasteiger partial charge in [0.05, 0.1) is 24.0 Å². The van der Waals surface area contributed by atoms with Crippen LogP contribution in [-0.4, -0.2) is 35.7 Å². The molecule has 2 aromatic carbocycles. The first-order valence-electron chi connectivity index (χ1n) is 8.15. The summed E-state index contributed by atoms with van der Waals surface area (Å²) in [6.07, 6.45) is 0.0623. The Balaban J connectivity index is 2.01. The minimum atomic E-state index is -1.78. The van der Waals surface area contributed by atoms with Crippen molar-refractivity contribution >= 4 is 29.2 Å². The van der Waals surface area contributed by atoms with Crippen LogP contribution in [0.2, 0.25) is 0 Å². The summed E-state index contributed by atoms with van der Waals surface area (Å²) < 4.78 is 5.21. The van der Waals surface area contributed by atoms with Gasteiger partial charge in [-0.15, -0.1) is 0 Å². The van der Waals surface area contributed by atoms with Crippen LogP contribution in [0.3, 0.4) is 0 Å². The van der Waals surface area contributed by atoms with E-state index in [1.165, 1.54) is 16.9 Å². The van der Waals surface area contributed by atoms with Crippen LogP contribution in [0.1, 0.15) is 23.2 Å².